The third kappa shape index (κ3) is 6.03. The number of carboxylic acid groups (broad SMARTS) is 1. The van der Waals surface area contributed by atoms with Crippen LogP contribution in [0.15, 0.2) is 24.5 Å². The Labute approximate surface area is 182 Å². The molecule has 0 aromatic carbocycles. The number of halogens is 3. The summed E-state index contributed by atoms with van der Waals surface area (Å²) in [6, 6.07) is 3.80. The van der Waals surface area contributed by atoms with Crippen molar-refractivity contribution in [2.75, 3.05) is 37.8 Å². The van der Waals surface area contributed by atoms with Crippen LogP contribution >= 0.6 is 11.8 Å². The molecule has 3 saturated heterocycles. The van der Waals surface area contributed by atoms with E-state index < -0.39 is 12.1 Å². The molecule has 1 atom stereocenters. The van der Waals surface area contributed by atoms with Crippen LogP contribution in [0.4, 0.5) is 13.2 Å². The molecule has 172 valence electrons. The van der Waals surface area contributed by atoms with Gasteiger partial charge in [-0.15, -0.1) is 0 Å². The highest BCUT2D eigenvalue weighted by molar-refractivity contribution is 7.99. The van der Waals surface area contributed by atoms with E-state index in [1.54, 1.807) is 12.4 Å². The highest BCUT2D eigenvalue weighted by atomic mass is 32.2. The Kier molecular flexibility index (Phi) is 7.68. The Balaban J connectivity index is 0.000000339. The number of pyridine rings is 1. The van der Waals surface area contributed by atoms with Gasteiger partial charge in [-0.05, 0) is 42.9 Å². The van der Waals surface area contributed by atoms with Crippen molar-refractivity contribution >= 4 is 23.6 Å². The highest BCUT2D eigenvalue weighted by Crippen LogP contribution is 2.41. The minimum Gasteiger partial charge on any atom is -0.492 e. The molecule has 3 aliphatic rings. The number of aromatic nitrogens is 1. The van der Waals surface area contributed by atoms with Gasteiger partial charge in [0, 0.05) is 24.6 Å². The molecule has 0 bridgehead atoms. The van der Waals surface area contributed by atoms with Crippen molar-refractivity contribution < 1.29 is 37.3 Å². The summed E-state index contributed by atoms with van der Waals surface area (Å²) >= 11 is 1.96. The lowest BCUT2D eigenvalue weighted by Gasteiger charge is -2.51. The van der Waals surface area contributed by atoms with Gasteiger partial charge in [0.25, 0.3) is 0 Å². The lowest BCUT2D eigenvalue weighted by atomic mass is 9.80. The van der Waals surface area contributed by atoms with E-state index in [1.165, 1.54) is 0 Å². The van der Waals surface area contributed by atoms with Crippen LogP contribution in [0.25, 0.3) is 0 Å². The first-order chi connectivity index (χ1) is 14.7. The third-order valence-electron chi connectivity index (χ3n) is 5.73. The van der Waals surface area contributed by atoms with Gasteiger partial charge in [-0.2, -0.15) is 24.9 Å². The molecular weight excluding hydrogens is 437 g/mol. The molecule has 0 aliphatic carbocycles. The Morgan fingerprint density at radius 1 is 1.29 bits per heavy atom. The highest BCUT2D eigenvalue weighted by Gasteiger charge is 2.55. The normalized spacial score (nSPS) is 22.9. The molecule has 1 aromatic heterocycles. The molecule has 0 saturated carbocycles. The largest absolute Gasteiger partial charge is 0.492 e. The molecule has 7 nitrogen and oxygen atoms in total. The van der Waals surface area contributed by atoms with Crippen LogP contribution < -0.4 is 4.74 Å². The molecule has 0 radical (unpaired) electrons. The van der Waals surface area contributed by atoms with Crippen molar-refractivity contribution in [3.05, 3.63) is 24.5 Å². The topological polar surface area (TPSA) is 89.0 Å². The smallest absolute Gasteiger partial charge is 0.490 e. The second-order valence-electron chi connectivity index (χ2n) is 7.78. The van der Waals surface area contributed by atoms with E-state index in [0.29, 0.717) is 18.4 Å². The molecule has 1 aromatic rings. The van der Waals surface area contributed by atoms with E-state index in [-0.39, 0.29) is 11.5 Å². The first kappa shape index (κ1) is 23.6. The molecule has 3 fully saturated rings. The number of hydrogen-bond acceptors (Lipinski definition) is 6. The maximum absolute atomic E-state index is 12.6. The van der Waals surface area contributed by atoms with Crippen LogP contribution in [0.3, 0.4) is 0 Å². The van der Waals surface area contributed by atoms with Gasteiger partial charge in [0.05, 0.1) is 25.9 Å². The summed E-state index contributed by atoms with van der Waals surface area (Å²) in [6.07, 6.45) is 1.46. The number of ether oxygens (including phenoxy) is 2. The van der Waals surface area contributed by atoms with Gasteiger partial charge in [0.1, 0.15) is 11.4 Å². The van der Waals surface area contributed by atoms with Crippen LogP contribution in [0.1, 0.15) is 19.3 Å². The van der Waals surface area contributed by atoms with Crippen LogP contribution in [0.5, 0.6) is 5.75 Å². The van der Waals surface area contributed by atoms with Gasteiger partial charge in [-0.25, -0.2) is 4.79 Å². The van der Waals surface area contributed by atoms with Gasteiger partial charge in [-0.3, -0.25) is 9.78 Å². The summed E-state index contributed by atoms with van der Waals surface area (Å²) in [7, 11) is 0. The Morgan fingerprint density at radius 2 is 1.97 bits per heavy atom. The second-order valence-corrected chi connectivity index (χ2v) is 9.01. The van der Waals surface area contributed by atoms with Gasteiger partial charge in [-0.1, -0.05) is 0 Å². The summed E-state index contributed by atoms with van der Waals surface area (Å²) in [5, 5.41) is 7.12. The number of carboxylic acids is 1. The van der Waals surface area contributed by atoms with Crippen molar-refractivity contribution in [1.82, 2.24) is 9.88 Å². The fourth-order valence-corrected chi connectivity index (χ4v) is 5.06. The minimum absolute atomic E-state index is 0.179. The van der Waals surface area contributed by atoms with E-state index >= 15 is 0 Å². The monoisotopic (exact) mass is 462 g/mol. The van der Waals surface area contributed by atoms with Crippen molar-refractivity contribution in [2.24, 2.45) is 11.8 Å². The van der Waals surface area contributed by atoms with E-state index in [0.717, 1.165) is 56.2 Å². The predicted octanol–water partition coefficient (Wildman–Crippen LogP) is 2.85. The van der Waals surface area contributed by atoms with E-state index in [9.17, 15) is 18.0 Å². The van der Waals surface area contributed by atoms with E-state index in [1.807, 2.05) is 28.8 Å². The SMILES string of the molecule is O=C(C1CCSCC1)N1CC2(C1)OCCC2COc1cccnc1.O=C(O)C(F)(F)F. The number of carbonyl (C=O) groups excluding carboxylic acids is 1. The number of nitrogens with zero attached hydrogens (tertiary/aromatic N) is 2. The zero-order chi connectivity index (χ0) is 22.5. The third-order valence-corrected chi connectivity index (χ3v) is 6.78. The van der Waals surface area contributed by atoms with Crippen LogP contribution in [0.2, 0.25) is 0 Å². The molecule has 11 heteroatoms. The van der Waals surface area contributed by atoms with Gasteiger partial charge in [0.2, 0.25) is 5.91 Å². The minimum atomic E-state index is -5.08. The van der Waals surface area contributed by atoms with E-state index in [2.05, 4.69) is 4.98 Å². The lowest BCUT2D eigenvalue weighted by molar-refractivity contribution is -0.192. The van der Waals surface area contributed by atoms with Gasteiger partial charge < -0.3 is 19.5 Å². The summed E-state index contributed by atoms with van der Waals surface area (Å²) in [5.41, 5.74) is -0.179. The number of rotatable bonds is 4. The Hall–Kier alpha value is -2.01. The van der Waals surface area contributed by atoms with Crippen LogP contribution in [0, 0.1) is 11.8 Å². The van der Waals surface area contributed by atoms with E-state index in [4.69, 9.17) is 19.4 Å². The molecule has 3 aliphatic heterocycles. The average molecular weight is 462 g/mol. The number of likely N-dealkylation sites (tertiary alicyclic amines) is 1. The second kappa shape index (κ2) is 10.1. The number of alkyl halides is 3. The lowest BCUT2D eigenvalue weighted by Crippen LogP contribution is -2.67. The average Bonchev–Trinajstić information content (AvgIpc) is 3.16. The summed E-state index contributed by atoms with van der Waals surface area (Å²) in [5.74, 6) is 1.20. The number of thioether (sulfide) groups is 1. The number of carbonyl (C=O) groups is 2. The molecular formula is C20H25F3N2O5S. The zero-order valence-corrected chi connectivity index (χ0v) is 17.7. The molecule has 1 spiro atoms. The number of aliphatic carboxylic acids is 1. The maximum atomic E-state index is 12.6. The van der Waals surface area contributed by atoms with Crippen molar-refractivity contribution in [3.8, 4) is 5.75 Å². The fourth-order valence-electron chi connectivity index (χ4n) is 3.96. The first-order valence-electron chi connectivity index (χ1n) is 10.0. The quantitative estimate of drug-likeness (QED) is 0.736. The van der Waals surface area contributed by atoms with Crippen molar-refractivity contribution in [3.63, 3.8) is 0 Å². The molecule has 1 unspecified atom stereocenters. The van der Waals surface area contributed by atoms with Crippen LogP contribution in [-0.2, 0) is 14.3 Å². The zero-order valence-electron chi connectivity index (χ0n) is 16.8. The van der Waals surface area contributed by atoms with Gasteiger partial charge in [0.15, 0.2) is 0 Å². The first-order valence-corrected chi connectivity index (χ1v) is 11.2. The van der Waals surface area contributed by atoms with Gasteiger partial charge >= 0.3 is 12.1 Å². The molecule has 1 amide bonds. The van der Waals surface area contributed by atoms with Crippen molar-refractivity contribution in [1.29, 1.82) is 0 Å². The number of hydrogen-bond donors (Lipinski definition) is 1. The Morgan fingerprint density at radius 3 is 2.55 bits per heavy atom. The molecule has 4 heterocycles. The maximum Gasteiger partial charge on any atom is 0.490 e. The predicted molar refractivity (Wildman–Crippen MR) is 107 cm³/mol. The molecule has 4 rings (SSSR count). The molecule has 1 N–H and O–H groups in total. The Bertz CT molecular complexity index is 753. The summed E-state index contributed by atoms with van der Waals surface area (Å²) < 4.78 is 43.7. The van der Waals surface area contributed by atoms with Crippen LogP contribution in [-0.4, -0.2) is 76.5 Å². The fraction of sp³-hybridized carbons (Fsp3) is 0.650. The summed E-state index contributed by atoms with van der Waals surface area (Å²) in [4.78, 5) is 27.6. The number of amides is 1. The standard InChI is InChI=1S/C18H24N2O3S.C2HF3O2/c21-17(14-4-8-24-9-5-14)20-12-18(13-20)15(3-7-23-18)11-22-16-2-1-6-19-10-16;3-2(4,5)1(6)7/h1-2,6,10,14-15H,3-5,7-9,11-13H2;(H,6,7). The van der Waals surface area contributed by atoms with Crippen molar-refractivity contribution in [2.45, 2.75) is 31.0 Å². The summed E-state index contributed by atoms with van der Waals surface area (Å²) in [6.45, 7) is 2.87. The molecule has 31 heavy (non-hydrogen) atoms.